The van der Waals surface area contributed by atoms with E-state index in [1.54, 1.807) is 23.1 Å². The zero-order valence-corrected chi connectivity index (χ0v) is 21.6. The van der Waals surface area contributed by atoms with E-state index in [-0.39, 0.29) is 42.0 Å². The highest BCUT2D eigenvalue weighted by molar-refractivity contribution is 6.30. The van der Waals surface area contributed by atoms with Gasteiger partial charge in [0.05, 0.1) is 24.9 Å². The third kappa shape index (κ3) is 5.78. The van der Waals surface area contributed by atoms with Gasteiger partial charge in [0, 0.05) is 42.9 Å². The first kappa shape index (κ1) is 25.6. The number of piperidine rings is 1. The quantitative estimate of drug-likeness (QED) is 0.556. The molecule has 3 fully saturated rings. The molecular formula is C27H32ClN3O6. The van der Waals surface area contributed by atoms with Crippen LogP contribution in [0.1, 0.15) is 66.1 Å². The van der Waals surface area contributed by atoms with Crippen LogP contribution in [0.3, 0.4) is 0 Å². The number of nitrogens with one attached hydrogen (secondary N) is 1. The summed E-state index contributed by atoms with van der Waals surface area (Å²) in [6, 6.07) is 9.00. The van der Waals surface area contributed by atoms with Crippen molar-refractivity contribution in [2.24, 2.45) is 0 Å². The Bertz CT molecular complexity index is 1140. The molecule has 2 amide bonds. The van der Waals surface area contributed by atoms with Gasteiger partial charge >= 0.3 is 6.09 Å². The van der Waals surface area contributed by atoms with Crippen LogP contribution >= 0.6 is 11.6 Å². The Balaban J connectivity index is 1.39. The molecule has 2 saturated heterocycles. The maximum atomic E-state index is 13.2. The molecule has 0 spiro atoms. The Hall–Kier alpha value is -3.04. The lowest BCUT2D eigenvalue weighted by Crippen LogP contribution is -2.44. The van der Waals surface area contributed by atoms with Crippen molar-refractivity contribution in [3.8, 4) is 11.6 Å². The molecule has 2 aliphatic heterocycles. The van der Waals surface area contributed by atoms with Crippen LogP contribution in [0.4, 0.5) is 4.79 Å². The number of benzene rings is 1. The summed E-state index contributed by atoms with van der Waals surface area (Å²) in [5, 5.41) is 13.6. The van der Waals surface area contributed by atoms with Crippen LogP contribution < -0.4 is 14.8 Å². The molecular weight excluding hydrogens is 498 g/mol. The molecule has 9 nitrogen and oxygen atoms in total. The van der Waals surface area contributed by atoms with Crippen molar-refractivity contribution >= 4 is 23.6 Å². The minimum atomic E-state index is -0.320. The summed E-state index contributed by atoms with van der Waals surface area (Å²) in [5.41, 5.74) is 1.96. The predicted molar refractivity (Wildman–Crippen MR) is 136 cm³/mol. The molecule has 0 unspecified atom stereocenters. The lowest BCUT2D eigenvalue weighted by atomic mass is 9.84. The van der Waals surface area contributed by atoms with Gasteiger partial charge in [-0.1, -0.05) is 23.7 Å². The summed E-state index contributed by atoms with van der Waals surface area (Å²) in [7, 11) is 1.50. The van der Waals surface area contributed by atoms with Gasteiger partial charge in [-0.25, -0.2) is 9.78 Å². The first-order valence-electron chi connectivity index (χ1n) is 12.8. The molecule has 0 bridgehead atoms. The van der Waals surface area contributed by atoms with Gasteiger partial charge in [-0.2, -0.15) is 0 Å². The topological polar surface area (TPSA) is 110 Å². The highest BCUT2D eigenvalue weighted by Crippen LogP contribution is 2.40. The number of nitrogens with zero attached hydrogens (tertiary/aromatic N) is 2. The molecule has 3 heterocycles. The number of methoxy groups -OCH3 is 1. The average Bonchev–Trinajstić information content (AvgIpc) is 3.28. The third-order valence-corrected chi connectivity index (χ3v) is 7.72. The lowest BCUT2D eigenvalue weighted by Gasteiger charge is -2.34. The molecule has 1 aromatic carbocycles. The number of cyclic esters (lactones) is 1. The number of halogens is 1. The van der Waals surface area contributed by atoms with E-state index in [2.05, 4.69) is 5.32 Å². The van der Waals surface area contributed by atoms with Crippen molar-refractivity contribution in [1.29, 1.82) is 0 Å². The number of pyridine rings is 1. The smallest absolute Gasteiger partial charge is 0.410 e. The summed E-state index contributed by atoms with van der Waals surface area (Å²) in [6.07, 6.45) is 3.55. The van der Waals surface area contributed by atoms with Crippen LogP contribution in [-0.4, -0.2) is 65.5 Å². The van der Waals surface area contributed by atoms with Crippen LogP contribution in [0.2, 0.25) is 5.02 Å². The number of amides is 2. The molecule has 1 aliphatic carbocycles. The van der Waals surface area contributed by atoms with Crippen LogP contribution in [0.15, 0.2) is 30.3 Å². The number of ether oxygens (including phenoxy) is 3. The van der Waals surface area contributed by atoms with Gasteiger partial charge in [0.15, 0.2) is 0 Å². The van der Waals surface area contributed by atoms with E-state index in [4.69, 9.17) is 30.8 Å². The van der Waals surface area contributed by atoms with Crippen molar-refractivity contribution in [3.05, 3.63) is 52.2 Å². The van der Waals surface area contributed by atoms with Crippen molar-refractivity contribution < 1.29 is 28.9 Å². The lowest BCUT2D eigenvalue weighted by molar-refractivity contribution is 0.0885. The Morgan fingerprint density at radius 2 is 1.97 bits per heavy atom. The Morgan fingerprint density at radius 1 is 1.22 bits per heavy atom. The molecule has 2 N–H and O–H groups in total. The fourth-order valence-corrected chi connectivity index (χ4v) is 5.50. The maximum absolute atomic E-state index is 13.2. The zero-order valence-electron chi connectivity index (χ0n) is 20.8. The molecule has 2 aromatic rings. The SMILES string of the molecule is COc1nc(C2CCC(O)CC2)c(O[C@H]2CCN3C(=O)OC[C@@H]3C2)cc1C(=O)NCc1ccc(Cl)cc1. The van der Waals surface area contributed by atoms with Gasteiger partial charge in [-0.3, -0.25) is 4.79 Å². The van der Waals surface area contributed by atoms with Crippen molar-refractivity contribution in [1.82, 2.24) is 15.2 Å². The molecule has 3 aliphatic rings. The highest BCUT2D eigenvalue weighted by atomic mass is 35.5. The Morgan fingerprint density at radius 3 is 2.70 bits per heavy atom. The normalized spacial score (nSPS) is 25.3. The third-order valence-electron chi connectivity index (χ3n) is 7.46. The second-order valence-corrected chi connectivity index (χ2v) is 10.4. The first-order chi connectivity index (χ1) is 17.9. The number of hydrogen-bond acceptors (Lipinski definition) is 7. The minimum absolute atomic E-state index is 0.00659. The average molecular weight is 530 g/mol. The van der Waals surface area contributed by atoms with Gasteiger partial charge in [-0.15, -0.1) is 0 Å². The molecule has 0 radical (unpaired) electrons. The van der Waals surface area contributed by atoms with Crippen molar-refractivity contribution in [2.75, 3.05) is 20.3 Å². The predicted octanol–water partition coefficient (Wildman–Crippen LogP) is 4.05. The summed E-state index contributed by atoms with van der Waals surface area (Å²) in [5.74, 6) is 0.573. The number of aliphatic hydroxyl groups is 1. The maximum Gasteiger partial charge on any atom is 0.410 e. The number of rotatable bonds is 7. The molecule has 37 heavy (non-hydrogen) atoms. The number of carbonyl (C=O) groups is 2. The molecule has 2 atom stereocenters. The van der Waals surface area contributed by atoms with E-state index in [0.29, 0.717) is 61.7 Å². The largest absolute Gasteiger partial charge is 0.488 e. The van der Waals surface area contributed by atoms with E-state index >= 15 is 0 Å². The van der Waals surface area contributed by atoms with Gasteiger partial charge in [0.2, 0.25) is 5.88 Å². The van der Waals surface area contributed by atoms with Crippen molar-refractivity contribution in [2.45, 2.75) is 69.2 Å². The van der Waals surface area contributed by atoms with Crippen LogP contribution in [0.5, 0.6) is 11.6 Å². The van der Waals surface area contributed by atoms with E-state index in [9.17, 15) is 14.7 Å². The molecule has 5 rings (SSSR count). The van der Waals surface area contributed by atoms with Crippen LogP contribution in [-0.2, 0) is 11.3 Å². The minimum Gasteiger partial charge on any atom is -0.488 e. The molecule has 10 heteroatoms. The van der Waals surface area contributed by atoms with E-state index in [1.807, 2.05) is 12.1 Å². The number of aromatic nitrogens is 1. The van der Waals surface area contributed by atoms with Crippen molar-refractivity contribution in [3.63, 3.8) is 0 Å². The Kier molecular flexibility index (Phi) is 7.71. The summed E-state index contributed by atoms with van der Waals surface area (Å²) >= 11 is 5.96. The van der Waals surface area contributed by atoms with Gasteiger partial charge in [0.1, 0.15) is 24.0 Å². The number of aliphatic hydroxyl groups excluding tert-OH is 1. The number of fused-ring (bicyclic) bond motifs is 1. The van der Waals surface area contributed by atoms with E-state index in [1.165, 1.54) is 7.11 Å². The first-order valence-corrected chi connectivity index (χ1v) is 13.2. The molecule has 1 aromatic heterocycles. The van der Waals surface area contributed by atoms with E-state index in [0.717, 1.165) is 24.1 Å². The Labute approximate surface area is 221 Å². The van der Waals surface area contributed by atoms with E-state index < -0.39 is 0 Å². The fourth-order valence-electron chi connectivity index (χ4n) is 5.38. The van der Waals surface area contributed by atoms with Gasteiger partial charge in [-0.05, 0) is 43.4 Å². The number of hydrogen-bond donors (Lipinski definition) is 2. The zero-order chi connectivity index (χ0) is 25.9. The summed E-state index contributed by atoms with van der Waals surface area (Å²) in [4.78, 5) is 31.6. The fraction of sp³-hybridized carbons (Fsp3) is 0.519. The second-order valence-electron chi connectivity index (χ2n) is 9.93. The monoisotopic (exact) mass is 529 g/mol. The molecule has 1 saturated carbocycles. The second kappa shape index (κ2) is 11.1. The summed E-state index contributed by atoms with van der Waals surface area (Å²) < 4.78 is 17.2. The summed E-state index contributed by atoms with van der Waals surface area (Å²) in [6.45, 7) is 1.26. The van der Waals surface area contributed by atoms with Gasteiger partial charge < -0.3 is 29.5 Å². The van der Waals surface area contributed by atoms with Gasteiger partial charge in [0.25, 0.3) is 5.91 Å². The number of carbonyl (C=O) groups excluding carboxylic acids is 2. The molecule has 198 valence electrons. The standard InChI is InChI=1S/C27H32ClN3O6/c1-35-26-22(25(33)29-14-16-2-6-18(28)7-3-16)13-23(24(30-26)17-4-8-20(32)9-5-17)37-21-10-11-31-19(12-21)15-36-27(31)34/h2-3,6-7,13,17,19-21,32H,4-5,8-12,14-15H2,1H3,(H,29,33)/t17?,19-,20?,21-/m0/s1. The highest BCUT2D eigenvalue weighted by Gasteiger charge is 2.39. The van der Waals surface area contributed by atoms with Crippen LogP contribution in [0.25, 0.3) is 0 Å². The van der Waals surface area contributed by atoms with Crippen LogP contribution in [0, 0.1) is 0 Å².